The summed E-state index contributed by atoms with van der Waals surface area (Å²) >= 11 is 0. The zero-order valence-corrected chi connectivity index (χ0v) is 33.3. The van der Waals surface area contributed by atoms with Crippen molar-refractivity contribution in [3.8, 4) is 0 Å². The maximum atomic E-state index is 2.31. The van der Waals surface area contributed by atoms with Crippen molar-refractivity contribution >= 4 is 32.3 Å². The summed E-state index contributed by atoms with van der Waals surface area (Å²) in [6, 6.07) is 45.6. The molecule has 0 bridgehead atoms. The van der Waals surface area contributed by atoms with Crippen molar-refractivity contribution < 1.29 is 66.9 Å². The number of benzene rings is 6. The number of quaternary nitrogens is 3. The van der Waals surface area contributed by atoms with Gasteiger partial charge in [0, 0.05) is 19.6 Å². The highest BCUT2D eigenvalue weighted by molar-refractivity contribution is 5.84. The van der Waals surface area contributed by atoms with E-state index < -0.39 is 0 Å². The SMILES string of the molecule is C1=CN(Cc2ccc3ccccc3c2)C[NH2+]1.C1=CN(Cc2ccc3ccccc3c2)C[NH2+]1.C1=CN(Cc2ccc3ccccc3c2)C[NH2+]1.[Br-].[Br-].[Br-]. The van der Waals surface area contributed by atoms with E-state index >= 15 is 0 Å². The highest BCUT2D eigenvalue weighted by Crippen LogP contribution is 2.19. The van der Waals surface area contributed by atoms with E-state index in [-0.39, 0.29) is 50.9 Å². The molecule has 3 aliphatic rings. The lowest BCUT2D eigenvalue weighted by Crippen LogP contribution is -3.00. The van der Waals surface area contributed by atoms with Crippen LogP contribution < -0.4 is 66.9 Å². The number of rotatable bonds is 6. The lowest BCUT2D eigenvalue weighted by atomic mass is 10.1. The average molecular weight is 874 g/mol. The van der Waals surface area contributed by atoms with E-state index in [1.54, 1.807) is 0 Å². The van der Waals surface area contributed by atoms with E-state index in [4.69, 9.17) is 0 Å². The second-order valence-corrected chi connectivity index (χ2v) is 12.6. The monoisotopic (exact) mass is 870 g/mol. The quantitative estimate of drug-likeness (QED) is 0.160. The number of nitrogens with two attached hydrogens (primary N) is 3. The van der Waals surface area contributed by atoms with Gasteiger partial charge in [-0.05, 0) is 67.2 Å². The van der Waals surface area contributed by atoms with E-state index in [0.717, 1.165) is 39.6 Å². The molecule has 0 fully saturated rings. The molecule has 0 saturated carbocycles. The van der Waals surface area contributed by atoms with Crippen LogP contribution in [0.4, 0.5) is 0 Å². The van der Waals surface area contributed by atoms with Gasteiger partial charge in [-0.2, -0.15) is 0 Å². The Morgan fingerprint density at radius 1 is 0.353 bits per heavy atom. The summed E-state index contributed by atoms with van der Waals surface area (Å²) < 4.78 is 0. The Balaban J connectivity index is 0.000000167. The molecular weight excluding hydrogens is 828 g/mol. The van der Waals surface area contributed by atoms with E-state index in [1.807, 2.05) is 0 Å². The molecule has 3 heterocycles. The fourth-order valence-corrected chi connectivity index (χ4v) is 6.39. The van der Waals surface area contributed by atoms with Crippen molar-refractivity contribution in [2.75, 3.05) is 20.0 Å². The first-order valence-electron chi connectivity index (χ1n) is 16.9. The molecule has 0 atom stereocenters. The molecule has 51 heavy (non-hydrogen) atoms. The Morgan fingerprint density at radius 3 is 0.882 bits per heavy atom. The molecule has 9 rings (SSSR count). The normalized spacial score (nSPS) is 14.0. The van der Waals surface area contributed by atoms with Gasteiger partial charge < -0.3 is 81.6 Å². The summed E-state index contributed by atoms with van der Waals surface area (Å²) in [6.07, 6.45) is 12.8. The van der Waals surface area contributed by atoms with E-state index in [9.17, 15) is 0 Å². The first-order valence-corrected chi connectivity index (χ1v) is 16.9. The predicted octanol–water partition coefficient (Wildman–Crippen LogP) is -4.05. The van der Waals surface area contributed by atoms with E-state index in [1.165, 1.54) is 49.0 Å². The van der Waals surface area contributed by atoms with Gasteiger partial charge in [0.2, 0.25) is 0 Å². The van der Waals surface area contributed by atoms with Gasteiger partial charge in [-0.25, -0.2) is 0 Å². The second kappa shape index (κ2) is 20.2. The Bertz CT molecular complexity index is 1850. The van der Waals surface area contributed by atoms with Gasteiger partial charge in [0.1, 0.15) is 18.6 Å². The molecule has 0 aliphatic carbocycles. The van der Waals surface area contributed by atoms with Crippen LogP contribution in [0.5, 0.6) is 0 Å². The lowest BCUT2D eigenvalue weighted by molar-refractivity contribution is -0.593. The molecule has 0 amide bonds. The molecule has 9 heteroatoms. The van der Waals surface area contributed by atoms with Gasteiger partial charge in [-0.1, -0.05) is 109 Å². The molecule has 0 saturated heterocycles. The van der Waals surface area contributed by atoms with Crippen molar-refractivity contribution in [2.24, 2.45) is 0 Å². The highest BCUT2D eigenvalue weighted by Gasteiger charge is 2.09. The van der Waals surface area contributed by atoms with Gasteiger partial charge in [0.15, 0.2) is 20.0 Å². The minimum absolute atomic E-state index is 0. The van der Waals surface area contributed by atoms with Crippen molar-refractivity contribution in [1.29, 1.82) is 0 Å². The average Bonchev–Trinajstić information content (AvgIpc) is 3.95. The molecule has 6 aromatic rings. The zero-order valence-electron chi connectivity index (χ0n) is 28.5. The van der Waals surface area contributed by atoms with E-state index in [2.05, 4.69) is 195 Å². The smallest absolute Gasteiger partial charge is 0.155 e. The minimum Gasteiger partial charge on any atom is -1.00 e. The molecule has 6 N–H and O–H groups in total. The minimum atomic E-state index is 0. The van der Waals surface area contributed by atoms with Crippen LogP contribution in [-0.2, 0) is 19.6 Å². The molecule has 0 spiro atoms. The maximum Gasteiger partial charge on any atom is 0.155 e. The summed E-state index contributed by atoms with van der Waals surface area (Å²) in [5, 5.41) is 14.5. The summed E-state index contributed by atoms with van der Waals surface area (Å²) in [7, 11) is 0. The van der Waals surface area contributed by atoms with Crippen molar-refractivity contribution in [2.45, 2.75) is 19.6 Å². The molecule has 3 aliphatic heterocycles. The summed E-state index contributed by atoms with van der Waals surface area (Å²) in [6.45, 7) is 6.10. The molecule has 6 nitrogen and oxygen atoms in total. The van der Waals surface area contributed by atoms with Gasteiger partial charge in [0.25, 0.3) is 0 Å². The highest BCUT2D eigenvalue weighted by atomic mass is 79.9. The second-order valence-electron chi connectivity index (χ2n) is 12.6. The first kappa shape index (κ1) is 39.8. The largest absolute Gasteiger partial charge is 1.00 e. The topological polar surface area (TPSA) is 59.6 Å². The van der Waals surface area contributed by atoms with Crippen LogP contribution >= 0.6 is 0 Å². The molecule has 0 aromatic heterocycles. The lowest BCUT2D eigenvalue weighted by Gasteiger charge is -2.12. The third kappa shape index (κ3) is 11.3. The van der Waals surface area contributed by atoms with Crippen LogP contribution in [0.15, 0.2) is 165 Å². The number of hydrogen-bond acceptors (Lipinski definition) is 3. The van der Waals surface area contributed by atoms with Crippen LogP contribution in [0.2, 0.25) is 0 Å². The fraction of sp³-hybridized carbons (Fsp3) is 0.143. The number of halogens is 3. The molecule has 264 valence electrons. The van der Waals surface area contributed by atoms with Crippen LogP contribution in [0.25, 0.3) is 32.3 Å². The number of fused-ring (bicyclic) bond motifs is 3. The standard InChI is InChI=1S/3C14H14N2.3BrH/c3*1-2-4-14-9-12(5-6-13(14)3-1)10-16-8-7-15-11-16;;;/h3*1-9,15H,10-11H2;3*1H. The predicted molar refractivity (Wildman–Crippen MR) is 196 cm³/mol. The maximum absolute atomic E-state index is 2.31. The molecule has 6 aromatic carbocycles. The van der Waals surface area contributed by atoms with Gasteiger partial charge in [0.05, 0.1) is 18.6 Å². The third-order valence-electron chi connectivity index (χ3n) is 8.92. The molecule has 0 radical (unpaired) electrons. The van der Waals surface area contributed by atoms with Crippen molar-refractivity contribution in [3.63, 3.8) is 0 Å². The summed E-state index contributed by atoms with van der Waals surface area (Å²) in [5.74, 6) is 0. The van der Waals surface area contributed by atoms with E-state index in [0.29, 0.717) is 0 Å². The number of nitrogens with zero attached hydrogens (tertiary/aromatic N) is 3. The van der Waals surface area contributed by atoms with Crippen molar-refractivity contribution in [1.82, 2.24) is 14.7 Å². The van der Waals surface area contributed by atoms with Gasteiger partial charge >= 0.3 is 0 Å². The third-order valence-corrected chi connectivity index (χ3v) is 8.92. The van der Waals surface area contributed by atoms with Crippen molar-refractivity contribution in [3.05, 3.63) is 181 Å². The first-order chi connectivity index (χ1) is 23.7. The number of hydrogen-bond donors (Lipinski definition) is 3. The molecule has 0 unspecified atom stereocenters. The summed E-state index contributed by atoms with van der Waals surface area (Å²) in [4.78, 5) is 6.93. The van der Waals surface area contributed by atoms with Crippen LogP contribution in [-0.4, -0.2) is 34.7 Å². The van der Waals surface area contributed by atoms with Crippen LogP contribution in [0.3, 0.4) is 0 Å². The Morgan fingerprint density at radius 2 is 0.627 bits per heavy atom. The van der Waals surface area contributed by atoms with Gasteiger partial charge in [-0.15, -0.1) is 0 Å². The van der Waals surface area contributed by atoms with Crippen LogP contribution in [0, 0.1) is 0 Å². The zero-order chi connectivity index (χ0) is 32.4. The van der Waals surface area contributed by atoms with Gasteiger partial charge in [-0.3, -0.25) is 0 Å². The van der Waals surface area contributed by atoms with Crippen LogP contribution in [0.1, 0.15) is 16.7 Å². The summed E-state index contributed by atoms with van der Waals surface area (Å²) in [5.41, 5.74) is 4.12. The molecular formula is C42H45Br3N6. The Kier molecular flexibility index (Phi) is 15.8. The Labute approximate surface area is 332 Å². The Hall–Kier alpha value is -3.96. The fourth-order valence-electron chi connectivity index (χ4n) is 6.39.